The topological polar surface area (TPSA) is 24.5 Å². The van der Waals surface area contributed by atoms with Crippen molar-refractivity contribution in [2.24, 2.45) is 22.7 Å². The molecule has 3 nitrogen and oxygen atoms in total. The molecule has 0 aromatic carbocycles. The second-order valence-corrected chi connectivity index (χ2v) is 13.1. The van der Waals surface area contributed by atoms with Gasteiger partial charge in [0.2, 0.25) is 0 Å². The van der Waals surface area contributed by atoms with Gasteiger partial charge in [0.25, 0.3) is 0 Å². The Balaban J connectivity index is 0.000000234. The molecule has 0 radical (unpaired) electrons. The van der Waals surface area contributed by atoms with Crippen molar-refractivity contribution in [3.05, 3.63) is 0 Å². The van der Waals surface area contributed by atoms with E-state index in [1.807, 2.05) is 0 Å². The quantitative estimate of drug-likeness (QED) is 0.493. The van der Waals surface area contributed by atoms with Gasteiger partial charge in [0.1, 0.15) is 0 Å². The highest BCUT2D eigenvalue weighted by Crippen LogP contribution is 2.30. The van der Waals surface area contributed by atoms with Gasteiger partial charge in [-0.15, -0.1) is 0 Å². The summed E-state index contributed by atoms with van der Waals surface area (Å²) in [7, 11) is 0. The summed E-state index contributed by atoms with van der Waals surface area (Å²) < 4.78 is 5.31. The first-order valence-corrected chi connectivity index (χ1v) is 13.5. The molecule has 3 heterocycles. The maximum absolute atomic E-state index is 5.31. The molecule has 0 aliphatic carbocycles. The molecule has 31 heavy (non-hydrogen) atoms. The molecule has 0 amide bonds. The minimum absolute atomic E-state index is 0.502. The first kappa shape index (κ1) is 28.9. The van der Waals surface area contributed by atoms with Gasteiger partial charge in [-0.1, -0.05) is 55.4 Å². The molecule has 3 rings (SSSR count). The Labute approximate surface area is 196 Å². The van der Waals surface area contributed by atoms with E-state index < -0.39 is 0 Å². The molecule has 1 N–H and O–H groups in total. The molecule has 3 aliphatic heterocycles. The number of nitrogens with one attached hydrogen (secondary N) is 1. The minimum Gasteiger partial charge on any atom is -0.381 e. The summed E-state index contributed by atoms with van der Waals surface area (Å²) in [5.41, 5.74) is 1.02. The molecule has 0 aromatic rings. The summed E-state index contributed by atoms with van der Waals surface area (Å²) in [6.45, 7) is 25.7. The van der Waals surface area contributed by atoms with Crippen LogP contribution in [-0.4, -0.2) is 50.3 Å². The first-order valence-electron chi connectivity index (χ1n) is 13.5. The van der Waals surface area contributed by atoms with Gasteiger partial charge in [-0.05, 0) is 107 Å². The highest BCUT2D eigenvalue weighted by molar-refractivity contribution is 4.75. The Morgan fingerprint density at radius 2 is 1.48 bits per heavy atom. The Kier molecular flexibility index (Phi) is 13.9. The monoisotopic (exact) mass is 438 g/mol. The molecule has 0 bridgehead atoms. The third kappa shape index (κ3) is 17.1. The summed E-state index contributed by atoms with van der Waals surface area (Å²) in [4.78, 5) is 2.59. The van der Waals surface area contributed by atoms with Crippen molar-refractivity contribution in [3.8, 4) is 0 Å². The maximum Gasteiger partial charge on any atom is 0.0468 e. The van der Waals surface area contributed by atoms with Gasteiger partial charge in [-0.25, -0.2) is 0 Å². The molecular weight excluding hydrogens is 380 g/mol. The summed E-state index contributed by atoms with van der Waals surface area (Å²) in [5, 5.41) is 3.49. The summed E-state index contributed by atoms with van der Waals surface area (Å²) in [6.07, 6.45) is 12.2. The standard InChI is InChI=1S/C10H21N.C10H20O.C8H17N/c1-10(2,3)6-9-11-7-4-5-8-11;1-10(2,3)8-9-4-6-11-7-5-9;1-7(2)6-8-4-3-5-9-8/h4-9H2,1-3H3;9H,4-8H2,1-3H3;7-9H,3-6H2,1-2H3. The van der Waals surface area contributed by atoms with Crippen LogP contribution in [0.25, 0.3) is 0 Å². The number of hydrogen-bond donors (Lipinski definition) is 1. The second kappa shape index (κ2) is 14.9. The lowest BCUT2D eigenvalue weighted by Gasteiger charge is -2.28. The van der Waals surface area contributed by atoms with Crippen LogP contribution in [0.1, 0.15) is 113 Å². The molecule has 186 valence electrons. The fourth-order valence-corrected chi connectivity index (χ4v) is 4.84. The SMILES string of the molecule is CC(C)(C)CC1CCOCC1.CC(C)(C)CCN1CCCC1.CC(C)CC1CCCN1. The van der Waals surface area contributed by atoms with E-state index in [0.29, 0.717) is 10.8 Å². The van der Waals surface area contributed by atoms with Gasteiger partial charge >= 0.3 is 0 Å². The Morgan fingerprint density at radius 3 is 1.94 bits per heavy atom. The van der Waals surface area contributed by atoms with Crippen molar-refractivity contribution >= 4 is 0 Å². The first-order chi connectivity index (χ1) is 14.4. The zero-order valence-electron chi connectivity index (χ0n) is 22.7. The second-order valence-electron chi connectivity index (χ2n) is 13.1. The van der Waals surface area contributed by atoms with Crippen LogP contribution in [0.5, 0.6) is 0 Å². The molecule has 3 heteroatoms. The van der Waals surface area contributed by atoms with Crippen LogP contribution in [0.3, 0.4) is 0 Å². The third-order valence-corrected chi connectivity index (χ3v) is 6.54. The van der Waals surface area contributed by atoms with E-state index in [0.717, 1.165) is 31.1 Å². The molecule has 3 saturated heterocycles. The van der Waals surface area contributed by atoms with Crippen LogP contribution in [0.15, 0.2) is 0 Å². The van der Waals surface area contributed by atoms with Gasteiger partial charge < -0.3 is 15.0 Å². The van der Waals surface area contributed by atoms with Gasteiger partial charge in [-0.3, -0.25) is 0 Å². The van der Waals surface area contributed by atoms with Crippen LogP contribution in [0.2, 0.25) is 0 Å². The third-order valence-electron chi connectivity index (χ3n) is 6.54. The molecule has 0 spiro atoms. The molecule has 3 aliphatic rings. The Hall–Kier alpha value is -0.120. The van der Waals surface area contributed by atoms with E-state index >= 15 is 0 Å². The summed E-state index contributed by atoms with van der Waals surface area (Å²) >= 11 is 0. The number of likely N-dealkylation sites (tertiary alicyclic amines) is 1. The van der Waals surface area contributed by atoms with E-state index in [9.17, 15) is 0 Å². The fourth-order valence-electron chi connectivity index (χ4n) is 4.84. The number of ether oxygens (including phenoxy) is 1. The van der Waals surface area contributed by atoms with Crippen LogP contribution < -0.4 is 5.32 Å². The lowest BCUT2D eigenvalue weighted by atomic mass is 9.81. The van der Waals surface area contributed by atoms with Crippen molar-refractivity contribution in [1.82, 2.24) is 10.2 Å². The van der Waals surface area contributed by atoms with Gasteiger partial charge in [-0.2, -0.15) is 0 Å². The van der Waals surface area contributed by atoms with Gasteiger partial charge in [0.05, 0.1) is 0 Å². The molecule has 1 atom stereocenters. The van der Waals surface area contributed by atoms with Crippen LogP contribution in [0.4, 0.5) is 0 Å². The molecule has 3 fully saturated rings. The van der Waals surface area contributed by atoms with Gasteiger partial charge in [0, 0.05) is 19.3 Å². The van der Waals surface area contributed by atoms with Crippen molar-refractivity contribution in [1.29, 1.82) is 0 Å². The smallest absolute Gasteiger partial charge is 0.0468 e. The molecular formula is C28H58N2O. The zero-order chi connectivity index (χ0) is 23.3. The lowest BCUT2D eigenvalue weighted by molar-refractivity contribution is 0.0532. The van der Waals surface area contributed by atoms with E-state index in [2.05, 4.69) is 65.6 Å². The highest BCUT2D eigenvalue weighted by atomic mass is 16.5. The van der Waals surface area contributed by atoms with E-state index in [4.69, 9.17) is 4.74 Å². The Morgan fingerprint density at radius 1 is 0.871 bits per heavy atom. The fraction of sp³-hybridized carbons (Fsp3) is 1.00. The van der Waals surface area contributed by atoms with Crippen molar-refractivity contribution in [2.45, 2.75) is 119 Å². The van der Waals surface area contributed by atoms with Crippen molar-refractivity contribution in [2.75, 3.05) is 39.4 Å². The number of rotatable bonds is 5. The summed E-state index contributed by atoms with van der Waals surface area (Å²) in [5.74, 6) is 1.78. The van der Waals surface area contributed by atoms with E-state index in [1.54, 1.807) is 0 Å². The molecule has 0 aromatic heterocycles. The van der Waals surface area contributed by atoms with Crippen LogP contribution in [-0.2, 0) is 4.74 Å². The highest BCUT2D eigenvalue weighted by Gasteiger charge is 2.20. The Bertz CT molecular complexity index is 417. The predicted molar refractivity (Wildman–Crippen MR) is 138 cm³/mol. The normalized spacial score (nSPS) is 23.3. The predicted octanol–water partition coefficient (Wildman–Crippen LogP) is 7.15. The largest absolute Gasteiger partial charge is 0.381 e. The maximum atomic E-state index is 5.31. The minimum atomic E-state index is 0.502. The van der Waals surface area contributed by atoms with Gasteiger partial charge in [0.15, 0.2) is 0 Å². The zero-order valence-corrected chi connectivity index (χ0v) is 22.7. The number of hydrogen-bond acceptors (Lipinski definition) is 3. The van der Waals surface area contributed by atoms with Crippen LogP contribution in [0, 0.1) is 22.7 Å². The summed E-state index contributed by atoms with van der Waals surface area (Å²) in [6, 6.07) is 0.838. The molecule has 0 saturated carbocycles. The lowest BCUT2D eigenvalue weighted by Crippen LogP contribution is -2.24. The molecule has 1 unspecified atom stereocenters. The number of nitrogens with zero attached hydrogens (tertiary/aromatic N) is 1. The average Bonchev–Trinajstić information content (AvgIpc) is 3.33. The van der Waals surface area contributed by atoms with Crippen molar-refractivity contribution in [3.63, 3.8) is 0 Å². The van der Waals surface area contributed by atoms with Crippen LogP contribution >= 0.6 is 0 Å². The average molecular weight is 439 g/mol. The van der Waals surface area contributed by atoms with E-state index in [-0.39, 0.29) is 0 Å². The van der Waals surface area contributed by atoms with Crippen molar-refractivity contribution < 1.29 is 4.74 Å². The van der Waals surface area contributed by atoms with E-state index in [1.165, 1.54) is 84.0 Å².